The van der Waals surface area contributed by atoms with Gasteiger partial charge in [0.1, 0.15) is 11.8 Å². The van der Waals surface area contributed by atoms with Crippen molar-refractivity contribution in [2.75, 3.05) is 6.61 Å². The molecule has 0 saturated heterocycles. The lowest BCUT2D eigenvalue weighted by molar-refractivity contribution is -0.143. The summed E-state index contributed by atoms with van der Waals surface area (Å²) < 4.78 is 6.72. The van der Waals surface area contributed by atoms with Gasteiger partial charge in [0.15, 0.2) is 6.61 Å². The summed E-state index contributed by atoms with van der Waals surface area (Å²) in [6, 6.07) is 24.1. The number of amides is 2. The van der Waals surface area contributed by atoms with Crippen molar-refractivity contribution in [2.45, 2.75) is 57.2 Å². The van der Waals surface area contributed by atoms with Crippen LogP contribution in [0.5, 0.6) is 5.75 Å². The van der Waals surface area contributed by atoms with Crippen LogP contribution in [0.4, 0.5) is 0 Å². The van der Waals surface area contributed by atoms with Crippen molar-refractivity contribution in [3.05, 3.63) is 99.5 Å². The van der Waals surface area contributed by atoms with E-state index in [0.717, 1.165) is 41.3 Å². The molecule has 2 amide bonds. The maximum absolute atomic E-state index is 13.8. The Bertz CT molecular complexity index is 1180. The van der Waals surface area contributed by atoms with Crippen LogP contribution in [0.1, 0.15) is 43.2 Å². The Morgan fingerprint density at radius 3 is 2.38 bits per heavy atom. The molecular weight excluding hydrogens is 552 g/mol. The first-order valence-corrected chi connectivity index (χ1v) is 13.9. The monoisotopic (exact) mass is 582 g/mol. The zero-order valence-electron chi connectivity index (χ0n) is 20.7. The van der Waals surface area contributed by atoms with Crippen molar-refractivity contribution < 1.29 is 14.3 Å². The fourth-order valence-corrected chi connectivity index (χ4v) is 5.35. The summed E-state index contributed by atoms with van der Waals surface area (Å²) in [5.74, 6) is 0.0302. The molecule has 194 valence electrons. The lowest BCUT2D eigenvalue weighted by Gasteiger charge is -2.33. The molecule has 1 aliphatic rings. The molecule has 1 atom stereocenters. The van der Waals surface area contributed by atoms with Crippen molar-refractivity contribution in [1.82, 2.24) is 10.2 Å². The standard InChI is InChI=1S/C30H32BrClN2O3/c31-24-13-9-12-23(18-24)20-34(29(35)21-37-28-17-8-7-16-26(28)32)27(19-22-10-3-1-4-11-22)30(36)33-25-14-5-2-6-15-25/h1,3-4,7-13,16-18,25,27H,2,5-6,14-15,19-21H2,(H,33,36)/t27-/m1/s1. The van der Waals surface area contributed by atoms with Crippen LogP contribution in [0.3, 0.4) is 0 Å². The van der Waals surface area contributed by atoms with Crippen LogP contribution < -0.4 is 10.1 Å². The number of benzene rings is 3. The van der Waals surface area contributed by atoms with Gasteiger partial charge in [-0.15, -0.1) is 0 Å². The molecule has 0 spiro atoms. The third-order valence-electron chi connectivity index (χ3n) is 6.65. The van der Waals surface area contributed by atoms with E-state index in [9.17, 15) is 9.59 Å². The highest BCUT2D eigenvalue weighted by Crippen LogP contribution is 2.24. The molecule has 1 fully saturated rings. The lowest BCUT2D eigenvalue weighted by Crippen LogP contribution is -2.53. The van der Waals surface area contributed by atoms with E-state index in [1.54, 1.807) is 23.1 Å². The molecule has 0 aliphatic heterocycles. The lowest BCUT2D eigenvalue weighted by atomic mass is 9.94. The highest BCUT2D eigenvalue weighted by Gasteiger charge is 2.32. The molecule has 7 heteroatoms. The largest absolute Gasteiger partial charge is 0.482 e. The predicted molar refractivity (Wildman–Crippen MR) is 151 cm³/mol. The zero-order chi connectivity index (χ0) is 26.0. The second-order valence-electron chi connectivity index (χ2n) is 9.42. The highest BCUT2D eigenvalue weighted by atomic mass is 79.9. The maximum Gasteiger partial charge on any atom is 0.261 e. The Morgan fingerprint density at radius 1 is 0.946 bits per heavy atom. The first-order valence-electron chi connectivity index (χ1n) is 12.7. The van der Waals surface area contributed by atoms with Gasteiger partial charge in [0.25, 0.3) is 5.91 Å². The van der Waals surface area contributed by atoms with Gasteiger partial charge in [-0.2, -0.15) is 0 Å². The minimum atomic E-state index is -0.689. The van der Waals surface area contributed by atoms with Crippen LogP contribution in [0.15, 0.2) is 83.3 Å². The number of nitrogens with zero attached hydrogens (tertiary/aromatic N) is 1. The van der Waals surface area contributed by atoms with Crippen molar-refractivity contribution in [3.8, 4) is 5.75 Å². The SMILES string of the molecule is O=C(NC1CCCCC1)[C@@H](Cc1ccccc1)N(Cc1cccc(Br)c1)C(=O)COc1ccccc1Cl. The number of nitrogens with one attached hydrogen (secondary N) is 1. The molecule has 4 rings (SSSR count). The molecule has 0 unspecified atom stereocenters. The number of ether oxygens (including phenoxy) is 1. The molecule has 0 heterocycles. The molecule has 3 aromatic carbocycles. The van der Waals surface area contributed by atoms with Gasteiger partial charge in [0.2, 0.25) is 5.91 Å². The Morgan fingerprint density at radius 2 is 1.65 bits per heavy atom. The van der Waals surface area contributed by atoms with E-state index in [4.69, 9.17) is 16.3 Å². The van der Waals surface area contributed by atoms with E-state index >= 15 is 0 Å². The van der Waals surface area contributed by atoms with E-state index in [1.165, 1.54) is 6.42 Å². The number of hydrogen-bond acceptors (Lipinski definition) is 3. The number of carbonyl (C=O) groups excluding carboxylic acids is 2. The van der Waals surface area contributed by atoms with E-state index < -0.39 is 6.04 Å². The zero-order valence-corrected chi connectivity index (χ0v) is 23.1. The minimum absolute atomic E-state index is 0.128. The van der Waals surface area contributed by atoms with Crippen LogP contribution in [0.2, 0.25) is 5.02 Å². The first-order chi connectivity index (χ1) is 18.0. The van der Waals surface area contributed by atoms with Gasteiger partial charge < -0.3 is 15.0 Å². The van der Waals surface area contributed by atoms with Crippen LogP contribution in [-0.2, 0) is 22.6 Å². The summed E-state index contributed by atoms with van der Waals surface area (Å²) in [6.45, 7) is 0.0550. The number of carbonyl (C=O) groups is 2. The third-order valence-corrected chi connectivity index (χ3v) is 7.46. The topological polar surface area (TPSA) is 58.6 Å². The van der Waals surface area contributed by atoms with Gasteiger partial charge >= 0.3 is 0 Å². The normalized spacial score (nSPS) is 14.5. The van der Waals surface area contributed by atoms with Crippen LogP contribution in [0.25, 0.3) is 0 Å². The number of hydrogen-bond donors (Lipinski definition) is 1. The molecule has 3 aromatic rings. The second-order valence-corrected chi connectivity index (χ2v) is 10.7. The van der Waals surface area contributed by atoms with Gasteiger partial charge in [-0.05, 0) is 48.2 Å². The molecular formula is C30H32BrClN2O3. The number of rotatable bonds is 10. The van der Waals surface area contributed by atoms with Crippen LogP contribution in [-0.4, -0.2) is 35.4 Å². The van der Waals surface area contributed by atoms with Crippen molar-refractivity contribution in [2.24, 2.45) is 0 Å². The summed E-state index contributed by atoms with van der Waals surface area (Å²) in [6.07, 6.45) is 5.78. The maximum atomic E-state index is 13.8. The Balaban J connectivity index is 1.62. The minimum Gasteiger partial charge on any atom is -0.482 e. The molecule has 1 saturated carbocycles. The van der Waals surface area contributed by atoms with Gasteiger partial charge in [0.05, 0.1) is 5.02 Å². The van der Waals surface area contributed by atoms with Gasteiger partial charge in [-0.25, -0.2) is 0 Å². The van der Waals surface area contributed by atoms with Gasteiger partial charge in [-0.3, -0.25) is 9.59 Å². The average Bonchev–Trinajstić information content (AvgIpc) is 2.91. The Kier molecular flexibility index (Phi) is 10.0. The second kappa shape index (κ2) is 13.6. The molecule has 1 N–H and O–H groups in total. The molecule has 0 bridgehead atoms. The van der Waals surface area contributed by atoms with Crippen LogP contribution >= 0.6 is 27.5 Å². The van der Waals surface area contributed by atoms with E-state index in [0.29, 0.717) is 17.2 Å². The fourth-order valence-electron chi connectivity index (χ4n) is 4.71. The van der Waals surface area contributed by atoms with Crippen LogP contribution in [0, 0.1) is 0 Å². The number of halogens is 2. The molecule has 0 aromatic heterocycles. The van der Waals surface area contributed by atoms with Crippen molar-refractivity contribution in [1.29, 1.82) is 0 Å². The summed E-state index contributed by atoms with van der Waals surface area (Å²) >= 11 is 9.77. The number of para-hydroxylation sites is 1. The smallest absolute Gasteiger partial charge is 0.261 e. The predicted octanol–water partition coefficient (Wildman–Crippen LogP) is 6.57. The van der Waals surface area contributed by atoms with E-state index in [2.05, 4.69) is 21.2 Å². The summed E-state index contributed by atoms with van der Waals surface area (Å²) in [7, 11) is 0. The quantitative estimate of drug-likeness (QED) is 0.294. The van der Waals surface area contributed by atoms with Gasteiger partial charge in [-0.1, -0.05) is 101 Å². The van der Waals surface area contributed by atoms with Gasteiger partial charge in [0, 0.05) is 23.5 Å². The summed E-state index contributed by atoms with van der Waals surface area (Å²) in [5.41, 5.74) is 1.91. The third kappa shape index (κ3) is 8.08. The molecule has 0 radical (unpaired) electrons. The molecule has 37 heavy (non-hydrogen) atoms. The van der Waals surface area contributed by atoms with Crippen molar-refractivity contribution >= 4 is 39.3 Å². The Labute approximate surface area is 232 Å². The summed E-state index contributed by atoms with van der Waals surface area (Å²) in [5, 5.41) is 3.69. The summed E-state index contributed by atoms with van der Waals surface area (Å²) in [4.78, 5) is 29.1. The average molecular weight is 584 g/mol. The Hall–Kier alpha value is -2.83. The molecule has 5 nitrogen and oxygen atoms in total. The highest BCUT2D eigenvalue weighted by molar-refractivity contribution is 9.10. The first kappa shape index (κ1) is 27.2. The van der Waals surface area contributed by atoms with E-state index in [1.807, 2.05) is 60.7 Å². The molecule has 1 aliphatic carbocycles. The van der Waals surface area contributed by atoms with E-state index in [-0.39, 0.29) is 31.0 Å². The fraction of sp³-hybridized carbons (Fsp3) is 0.333. The van der Waals surface area contributed by atoms with Crippen molar-refractivity contribution in [3.63, 3.8) is 0 Å².